The van der Waals surface area contributed by atoms with Gasteiger partial charge in [-0.05, 0) is 38.9 Å². The highest BCUT2D eigenvalue weighted by molar-refractivity contribution is 6.32. The Morgan fingerprint density at radius 2 is 2.00 bits per heavy atom. The molecule has 0 amide bonds. The topological polar surface area (TPSA) is 56.8 Å². The lowest BCUT2D eigenvalue weighted by molar-refractivity contribution is -0.118. The Hall–Kier alpha value is -1.46. The smallest absolute Gasteiger partial charge is 0.338 e. The Kier molecular flexibility index (Phi) is 3.95. The van der Waals surface area contributed by atoms with Crippen molar-refractivity contribution >= 4 is 17.6 Å². The Bertz CT molecular complexity index is 613. The zero-order chi connectivity index (χ0) is 15.9. The van der Waals surface area contributed by atoms with E-state index < -0.39 is 11.8 Å². The molecule has 0 saturated carbocycles. The molecule has 120 valence electrons. The van der Waals surface area contributed by atoms with Gasteiger partial charge in [-0.15, -0.1) is 0 Å². The molecule has 1 saturated heterocycles. The first kappa shape index (κ1) is 15.4. The average molecular weight is 326 g/mol. The molecule has 2 aliphatic heterocycles. The van der Waals surface area contributed by atoms with Crippen LogP contribution in [0.3, 0.4) is 0 Å². The average Bonchev–Trinajstić information content (AvgIpc) is 2.91. The number of nitrogens with one attached hydrogen (secondary N) is 1. The Morgan fingerprint density at radius 1 is 1.36 bits per heavy atom. The quantitative estimate of drug-likeness (QED) is 0.847. The number of benzene rings is 1. The number of piperidine rings is 1. The fourth-order valence-corrected chi connectivity index (χ4v) is 3.41. The van der Waals surface area contributed by atoms with E-state index in [0.717, 1.165) is 25.9 Å². The first-order chi connectivity index (χ1) is 10.5. The van der Waals surface area contributed by atoms with Gasteiger partial charge in [-0.3, -0.25) is 0 Å². The molecule has 1 atom stereocenters. The molecule has 0 radical (unpaired) electrons. The summed E-state index contributed by atoms with van der Waals surface area (Å²) in [6, 6.07) is 1.58. The molecule has 6 heteroatoms. The highest BCUT2D eigenvalue weighted by Crippen LogP contribution is 2.50. The molecule has 2 aliphatic rings. The second-order valence-corrected chi connectivity index (χ2v) is 6.33. The van der Waals surface area contributed by atoms with E-state index in [2.05, 4.69) is 5.32 Å². The fraction of sp³-hybridized carbons (Fsp3) is 0.562. The summed E-state index contributed by atoms with van der Waals surface area (Å²) < 4.78 is 17.0. The number of hydrogen-bond donors (Lipinski definition) is 1. The number of rotatable bonds is 2. The van der Waals surface area contributed by atoms with Crippen LogP contribution in [0.1, 0.15) is 35.7 Å². The van der Waals surface area contributed by atoms with E-state index in [4.69, 9.17) is 25.8 Å². The van der Waals surface area contributed by atoms with Crippen molar-refractivity contribution in [3.05, 3.63) is 22.2 Å². The van der Waals surface area contributed by atoms with E-state index in [1.54, 1.807) is 6.07 Å². The minimum atomic E-state index is -0.742. The standard InChI is InChI=1S/C16H20ClNO4/c1-9-11(15(19)20-3)8-12(17)14-13(9)21-16(2,22-14)10-4-6-18-7-5-10/h8,10,18H,4-7H2,1-3H3/t16-/m1/s1. The second-order valence-electron chi connectivity index (χ2n) is 5.93. The molecule has 0 bridgehead atoms. The lowest BCUT2D eigenvalue weighted by Crippen LogP contribution is -2.47. The molecule has 1 aromatic carbocycles. The van der Waals surface area contributed by atoms with E-state index >= 15 is 0 Å². The van der Waals surface area contributed by atoms with Crippen LogP contribution in [0, 0.1) is 12.8 Å². The largest absolute Gasteiger partial charge is 0.465 e. The molecular formula is C16H20ClNO4. The van der Waals surface area contributed by atoms with Gasteiger partial charge in [0.05, 0.1) is 17.7 Å². The maximum Gasteiger partial charge on any atom is 0.338 e. The molecule has 2 heterocycles. The van der Waals surface area contributed by atoms with Crippen molar-refractivity contribution in [2.45, 2.75) is 32.5 Å². The van der Waals surface area contributed by atoms with Gasteiger partial charge in [0, 0.05) is 18.4 Å². The molecule has 0 aromatic heterocycles. The Balaban J connectivity index is 1.97. The lowest BCUT2D eigenvalue weighted by atomic mass is 9.90. The van der Waals surface area contributed by atoms with E-state index in [1.807, 2.05) is 13.8 Å². The molecule has 1 fully saturated rings. The van der Waals surface area contributed by atoms with Gasteiger partial charge < -0.3 is 19.5 Å². The summed E-state index contributed by atoms with van der Waals surface area (Å²) >= 11 is 6.29. The van der Waals surface area contributed by atoms with Crippen LogP contribution in [0.25, 0.3) is 0 Å². The zero-order valence-corrected chi connectivity index (χ0v) is 13.8. The van der Waals surface area contributed by atoms with Crippen LogP contribution in [0.2, 0.25) is 5.02 Å². The minimum Gasteiger partial charge on any atom is -0.465 e. The number of hydrogen-bond acceptors (Lipinski definition) is 5. The van der Waals surface area contributed by atoms with Gasteiger partial charge in [0.25, 0.3) is 5.79 Å². The van der Waals surface area contributed by atoms with Gasteiger partial charge in [0.15, 0.2) is 11.5 Å². The molecule has 1 N–H and O–H groups in total. The van der Waals surface area contributed by atoms with Crippen LogP contribution < -0.4 is 14.8 Å². The third-order valence-corrected chi connectivity index (χ3v) is 4.82. The van der Waals surface area contributed by atoms with Crippen molar-refractivity contribution in [3.63, 3.8) is 0 Å². The number of carbonyl (C=O) groups is 1. The normalized spacial score (nSPS) is 24.4. The summed E-state index contributed by atoms with van der Waals surface area (Å²) in [6.45, 7) is 5.66. The van der Waals surface area contributed by atoms with Crippen molar-refractivity contribution < 1.29 is 19.0 Å². The van der Waals surface area contributed by atoms with Crippen molar-refractivity contribution in [2.75, 3.05) is 20.2 Å². The monoisotopic (exact) mass is 325 g/mol. The summed E-state index contributed by atoms with van der Waals surface area (Å²) in [7, 11) is 1.35. The Labute approximate surface area is 134 Å². The predicted octanol–water partition coefficient (Wildman–Crippen LogP) is 2.92. The van der Waals surface area contributed by atoms with Gasteiger partial charge in [-0.2, -0.15) is 0 Å². The zero-order valence-electron chi connectivity index (χ0n) is 13.0. The molecular weight excluding hydrogens is 306 g/mol. The molecule has 22 heavy (non-hydrogen) atoms. The number of ether oxygens (including phenoxy) is 3. The van der Waals surface area contributed by atoms with Crippen LogP contribution in [-0.4, -0.2) is 32.0 Å². The minimum absolute atomic E-state index is 0.276. The van der Waals surface area contributed by atoms with Gasteiger partial charge in [0.2, 0.25) is 0 Å². The highest BCUT2D eigenvalue weighted by atomic mass is 35.5. The van der Waals surface area contributed by atoms with Gasteiger partial charge >= 0.3 is 5.97 Å². The molecule has 0 spiro atoms. The lowest BCUT2D eigenvalue weighted by Gasteiger charge is -2.35. The van der Waals surface area contributed by atoms with Crippen molar-refractivity contribution in [3.8, 4) is 11.5 Å². The number of halogens is 1. The van der Waals surface area contributed by atoms with Crippen molar-refractivity contribution in [1.29, 1.82) is 0 Å². The molecule has 1 aromatic rings. The predicted molar refractivity (Wildman–Crippen MR) is 82.8 cm³/mol. The molecule has 5 nitrogen and oxygen atoms in total. The van der Waals surface area contributed by atoms with Gasteiger partial charge in [0.1, 0.15) is 0 Å². The highest BCUT2D eigenvalue weighted by Gasteiger charge is 2.46. The number of fused-ring (bicyclic) bond motifs is 1. The van der Waals surface area contributed by atoms with Crippen LogP contribution >= 0.6 is 11.6 Å². The third kappa shape index (κ3) is 2.42. The van der Waals surface area contributed by atoms with Crippen molar-refractivity contribution in [1.82, 2.24) is 5.32 Å². The molecule has 0 unspecified atom stereocenters. The van der Waals surface area contributed by atoms with E-state index in [9.17, 15) is 4.79 Å². The van der Waals surface area contributed by atoms with Crippen LogP contribution in [-0.2, 0) is 4.74 Å². The molecule has 0 aliphatic carbocycles. The maximum absolute atomic E-state index is 11.9. The van der Waals surface area contributed by atoms with Gasteiger partial charge in [-0.1, -0.05) is 11.6 Å². The summed E-state index contributed by atoms with van der Waals surface area (Å²) in [4.78, 5) is 11.9. The SMILES string of the molecule is COC(=O)c1cc(Cl)c2c(c1C)O[C@@](C)(C1CCNCC1)O2. The summed E-state index contributed by atoms with van der Waals surface area (Å²) in [5.41, 5.74) is 1.10. The summed E-state index contributed by atoms with van der Waals surface area (Å²) in [5, 5.41) is 3.71. The van der Waals surface area contributed by atoms with E-state index in [1.165, 1.54) is 7.11 Å². The van der Waals surface area contributed by atoms with Crippen LogP contribution in [0.4, 0.5) is 0 Å². The van der Waals surface area contributed by atoms with E-state index in [0.29, 0.717) is 27.6 Å². The maximum atomic E-state index is 11.9. The first-order valence-electron chi connectivity index (χ1n) is 7.46. The van der Waals surface area contributed by atoms with Crippen molar-refractivity contribution in [2.24, 2.45) is 5.92 Å². The van der Waals surface area contributed by atoms with E-state index in [-0.39, 0.29) is 5.92 Å². The van der Waals surface area contributed by atoms with Gasteiger partial charge in [-0.25, -0.2) is 4.79 Å². The number of esters is 1. The third-order valence-electron chi connectivity index (χ3n) is 4.53. The number of methoxy groups -OCH3 is 1. The number of carbonyl (C=O) groups excluding carboxylic acids is 1. The first-order valence-corrected chi connectivity index (χ1v) is 7.84. The summed E-state index contributed by atoms with van der Waals surface area (Å²) in [5.74, 6) is 0.175. The van der Waals surface area contributed by atoms with Crippen LogP contribution in [0.5, 0.6) is 11.5 Å². The Morgan fingerprint density at radius 3 is 2.64 bits per heavy atom. The molecule has 3 rings (SSSR count). The fourth-order valence-electron chi connectivity index (χ4n) is 3.18. The summed E-state index contributed by atoms with van der Waals surface area (Å²) in [6.07, 6.45) is 1.95. The van der Waals surface area contributed by atoms with Crippen LogP contribution in [0.15, 0.2) is 6.07 Å². The second kappa shape index (κ2) is 5.63.